The van der Waals surface area contributed by atoms with Gasteiger partial charge in [-0.3, -0.25) is 19.3 Å². The van der Waals surface area contributed by atoms with Crippen molar-refractivity contribution in [3.8, 4) is 11.5 Å². The summed E-state index contributed by atoms with van der Waals surface area (Å²) in [7, 11) is 1.54. The zero-order valence-electron chi connectivity index (χ0n) is 22.7. The molecular formula is C30H29ClN2O6S. The molecule has 0 saturated carbocycles. The normalized spacial score (nSPS) is 14.6. The van der Waals surface area contributed by atoms with E-state index in [-0.39, 0.29) is 33.5 Å². The van der Waals surface area contributed by atoms with Gasteiger partial charge in [0.15, 0.2) is 27.8 Å². The van der Waals surface area contributed by atoms with Gasteiger partial charge in [0, 0.05) is 11.9 Å². The van der Waals surface area contributed by atoms with Crippen LogP contribution >= 0.6 is 22.9 Å². The molecule has 0 fully saturated rings. The Morgan fingerprint density at radius 1 is 1.12 bits per heavy atom. The highest BCUT2D eigenvalue weighted by molar-refractivity contribution is 7.17. The summed E-state index contributed by atoms with van der Waals surface area (Å²) < 4.78 is 17.6. The minimum atomic E-state index is -0.875. The van der Waals surface area contributed by atoms with Crippen molar-refractivity contribution in [1.29, 1.82) is 0 Å². The molecule has 208 valence electrons. The Hall–Kier alpha value is -3.69. The molecule has 1 unspecified atom stereocenters. The van der Waals surface area contributed by atoms with Gasteiger partial charge in [0.2, 0.25) is 5.76 Å². The summed E-state index contributed by atoms with van der Waals surface area (Å²) in [6.07, 6.45) is 4.29. The number of carbonyl (C=O) groups excluding carboxylic acids is 2. The van der Waals surface area contributed by atoms with Crippen molar-refractivity contribution in [2.45, 2.75) is 52.5 Å². The molecule has 4 aromatic rings. The molecule has 0 aliphatic carbocycles. The largest absolute Gasteiger partial charge is 0.493 e. The van der Waals surface area contributed by atoms with Crippen LogP contribution in [0.3, 0.4) is 0 Å². The number of aryl methyl sites for hydroxylation is 1. The van der Waals surface area contributed by atoms with Gasteiger partial charge in [-0.15, -0.1) is 0 Å². The van der Waals surface area contributed by atoms with E-state index in [1.54, 1.807) is 44.4 Å². The minimum absolute atomic E-state index is 0.0720. The highest BCUT2D eigenvalue weighted by atomic mass is 35.5. The van der Waals surface area contributed by atoms with E-state index in [2.05, 4.69) is 11.9 Å². The van der Waals surface area contributed by atoms with Crippen molar-refractivity contribution >= 4 is 50.7 Å². The maximum Gasteiger partial charge on any atom is 0.297 e. The molecule has 2 aromatic heterocycles. The zero-order valence-corrected chi connectivity index (χ0v) is 24.3. The van der Waals surface area contributed by atoms with Crippen LogP contribution in [0.1, 0.15) is 82.6 Å². The number of aromatic nitrogens is 1. The SMILES string of the molecule is CCCCCCOc1ccc(C2c3c(oc4ccc(Cl)cc4c3=O)C(=O)N2c2nc(C)c(C(C)=O)s2)cc1OC. The number of amides is 1. The van der Waals surface area contributed by atoms with Crippen molar-refractivity contribution in [3.63, 3.8) is 0 Å². The monoisotopic (exact) mass is 580 g/mol. The zero-order chi connectivity index (χ0) is 28.6. The first-order valence-corrected chi connectivity index (χ1v) is 14.3. The third-order valence-corrected chi connectivity index (χ3v) is 8.39. The van der Waals surface area contributed by atoms with Gasteiger partial charge in [-0.05, 0) is 49.2 Å². The molecule has 1 aliphatic heterocycles. The number of hydrogen-bond donors (Lipinski definition) is 0. The number of methoxy groups -OCH3 is 1. The van der Waals surface area contributed by atoms with Crippen molar-refractivity contribution < 1.29 is 23.5 Å². The maximum absolute atomic E-state index is 13.9. The number of unbranched alkanes of at least 4 members (excludes halogenated alkanes) is 3. The van der Waals surface area contributed by atoms with Gasteiger partial charge in [-0.2, -0.15) is 0 Å². The van der Waals surface area contributed by atoms with Gasteiger partial charge in [0.25, 0.3) is 5.91 Å². The molecule has 3 heterocycles. The number of nitrogens with zero attached hydrogens (tertiary/aromatic N) is 2. The third kappa shape index (κ3) is 4.99. The van der Waals surface area contributed by atoms with Crippen LogP contribution in [-0.4, -0.2) is 30.4 Å². The van der Waals surface area contributed by atoms with Crippen LogP contribution in [0.25, 0.3) is 11.0 Å². The summed E-state index contributed by atoms with van der Waals surface area (Å²) in [5.74, 6) is 0.297. The molecule has 0 bridgehead atoms. The Kier molecular flexibility index (Phi) is 7.96. The lowest BCUT2D eigenvalue weighted by atomic mass is 9.98. The average Bonchev–Trinajstić information content (AvgIpc) is 3.46. The van der Waals surface area contributed by atoms with Gasteiger partial charge >= 0.3 is 0 Å². The first-order chi connectivity index (χ1) is 19.2. The van der Waals surface area contributed by atoms with Crippen molar-refractivity contribution in [2.75, 3.05) is 18.6 Å². The van der Waals surface area contributed by atoms with Gasteiger partial charge < -0.3 is 13.9 Å². The molecule has 0 N–H and O–H groups in total. The van der Waals surface area contributed by atoms with E-state index >= 15 is 0 Å². The van der Waals surface area contributed by atoms with Crippen LogP contribution in [0.5, 0.6) is 11.5 Å². The molecular weight excluding hydrogens is 552 g/mol. The summed E-state index contributed by atoms with van der Waals surface area (Å²) in [5, 5.41) is 0.937. The van der Waals surface area contributed by atoms with E-state index in [0.717, 1.165) is 37.0 Å². The lowest BCUT2D eigenvalue weighted by Gasteiger charge is -2.23. The fourth-order valence-electron chi connectivity index (χ4n) is 4.95. The number of thiazole rings is 1. The summed E-state index contributed by atoms with van der Waals surface area (Å²) in [6.45, 7) is 5.88. The second-order valence-electron chi connectivity index (χ2n) is 9.68. The summed E-state index contributed by atoms with van der Waals surface area (Å²) in [6, 6.07) is 9.17. The molecule has 0 radical (unpaired) electrons. The number of fused-ring (bicyclic) bond motifs is 2. The van der Waals surface area contributed by atoms with E-state index in [0.29, 0.717) is 44.4 Å². The molecule has 8 nitrogen and oxygen atoms in total. The van der Waals surface area contributed by atoms with Crippen molar-refractivity contribution in [1.82, 2.24) is 4.98 Å². The number of carbonyl (C=O) groups is 2. The first kappa shape index (κ1) is 27.9. The van der Waals surface area contributed by atoms with E-state index in [1.807, 2.05) is 0 Å². The fraction of sp³-hybridized carbons (Fsp3) is 0.333. The smallest absolute Gasteiger partial charge is 0.297 e. The van der Waals surface area contributed by atoms with Crippen LogP contribution in [0.2, 0.25) is 5.02 Å². The molecule has 0 spiro atoms. The molecule has 1 amide bonds. The lowest BCUT2D eigenvalue weighted by Crippen LogP contribution is -2.29. The number of ether oxygens (including phenoxy) is 2. The number of Topliss-reactive ketones (excluding diaryl/α,β-unsaturated/α-hetero) is 1. The molecule has 0 saturated heterocycles. The Balaban J connectivity index is 1.65. The van der Waals surface area contributed by atoms with Crippen molar-refractivity contribution in [3.05, 3.63) is 79.1 Å². The average molecular weight is 581 g/mol. The van der Waals surface area contributed by atoms with Crippen LogP contribution < -0.4 is 19.8 Å². The number of rotatable bonds is 10. The number of anilines is 1. The summed E-state index contributed by atoms with van der Waals surface area (Å²) in [5.41, 5.74) is 1.18. The molecule has 1 atom stereocenters. The van der Waals surface area contributed by atoms with E-state index < -0.39 is 11.9 Å². The van der Waals surface area contributed by atoms with E-state index in [4.69, 9.17) is 25.5 Å². The lowest BCUT2D eigenvalue weighted by molar-refractivity contribution is 0.0969. The molecule has 40 heavy (non-hydrogen) atoms. The minimum Gasteiger partial charge on any atom is -0.493 e. The first-order valence-electron chi connectivity index (χ1n) is 13.1. The molecule has 1 aliphatic rings. The quantitative estimate of drug-likeness (QED) is 0.145. The Labute approximate surface area is 240 Å². The highest BCUT2D eigenvalue weighted by Crippen LogP contribution is 2.45. The second kappa shape index (κ2) is 11.4. The van der Waals surface area contributed by atoms with Crippen LogP contribution in [0, 0.1) is 6.92 Å². The van der Waals surface area contributed by atoms with E-state index in [9.17, 15) is 14.4 Å². The Bertz CT molecular complexity index is 1680. The second-order valence-corrected chi connectivity index (χ2v) is 11.1. The summed E-state index contributed by atoms with van der Waals surface area (Å²) in [4.78, 5) is 46.4. The van der Waals surface area contributed by atoms with Crippen LogP contribution in [0.15, 0.2) is 45.6 Å². The fourth-order valence-corrected chi connectivity index (χ4v) is 6.12. The van der Waals surface area contributed by atoms with Crippen LogP contribution in [0.4, 0.5) is 5.13 Å². The maximum atomic E-state index is 13.9. The predicted octanol–water partition coefficient (Wildman–Crippen LogP) is 7.13. The van der Waals surface area contributed by atoms with E-state index in [1.165, 1.54) is 17.9 Å². The topological polar surface area (TPSA) is 98.9 Å². The van der Waals surface area contributed by atoms with Gasteiger partial charge in [0.05, 0.1) is 41.3 Å². The van der Waals surface area contributed by atoms with Gasteiger partial charge in [-0.1, -0.05) is 55.2 Å². The van der Waals surface area contributed by atoms with Gasteiger partial charge in [0.1, 0.15) is 5.58 Å². The number of ketones is 1. The highest BCUT2D eigenvalue weighted by Gasteiger charge is 2.45. The molecule has 2 aromatic carbocycles. The standard InChI is InChI=1S/C30H29ClN2O6S/c1-5-6-7-8-13-38-22-11-9-18(14-23(22)37-4)25-24-26(35)20-15-19(31)10-12-21(20)39-27(24)29(36)33(25)30-32-16(2)28(40-30)17(3)34/h9-12,14-15,25H,5-8,13H2,1-4H3. The molecule has 10 heteroatoms. The third-order valence-electron chi connectivity index (χ3n) is 6.90. The Morgan fingerprint density at radius 3 is 2.62 bits per heavy atom. The predicted molar refractivity (Wildman–Crippen MR) is 156 cm³/mol. The van der Waals surface area contributed by atoms with Crippen LogP contribution in [-0.2, 0) is 0 Å². The van der Waals surface area contributed by atoms with Gasteiger partial charge in [-0.25, -0.2) is 4.98 Å². The Morgan fingerprint density at radius 2 is 1.93 bits per heavy atom. The number of hydrogen-bond acceptors (Lipinski definition) is 8. The summed E-state index contributed by atoms with van der Waals surface area (Å²) >= 11 is 7.30. The number of halogens is 1. The molecule has 5 rings (SSSR count). The number of benzene rings is 2. The van der Waals surface area contributed by atoms with Crippen molar-refractivity contribution in [2.24, 2.45) is 0 Å².